The van der Waals surface area contributed by atoms with Crippen LogP contribution in [0.5, 0.6) is 0 Å². The Balaban J connectivity index is 2.29. The maximum absolute atomic E-state index is 12.0. The Hall–Kier alpha value is -0.930. The molecule has 0 bridgehead atoms. The Morgan fingerprint density at radius 1 is 1.25 bits per heavy atom. The molecule has 1 aliphatic rings. The van der Waals surface area contributed by atoms with E-state index in [-0.39, 0.29) is 5.91 Å². The number of nitrogens with zero attached hydrogens (tertiary/aromatic N) is 1. The summed E-state index contributed by atoms with van der Waals surface area (Å²) in [6.07, 6.45) is 2.12. The molecule has 3 nitrogen and oxygen atoms in total. The van der Waals surface area contributed by atoms with Crippen LogP contribution in [-0.2, 0) is 0 Å². The number of halogens is 2. The van der Waals surface area contributed by atoms with E-state index < -0.39 is 0 Å². The topological polar surface area (TPSA) is 46.3 Å². The van der Waals surface area contributed by atoms with Gasteiger partial charge >= 0.3 is 0 Å². The number of hydrogen-bond donors (Lipinski definition) is 1. The summed E-state index contributed by atoms with van der Waals surface area (Å²) in [6, 6.07) is 3.15. The Morgan fingerprint density at radius 2 is 1.88 bits per heavy atom. The average molecular weight is 259 g/mol. The molecule has 16 heavy (non-hydrogen) atoms. The predicted octanol–water partition coefficient (Wildman–Crippen LogP) is 2.81. The minimum absolute atomic E-state index is 0.0252. The third-order valence-corrected chi connectivity index (χ3v) is 3.51. The van der Waals surface area contributed by atoms with Crippen molar-refractivity contribution in [2.24, 2.45) is 0 Å². The molecule has 1 aromatic carbocycles. The first-order chi connectivity index (χ1) is 7.59. The lowest BCUT2D eigenvalue weighted by Crippen LogP contribution is -2.27. The van der Waals surface area contributed by atoms with Crippen molar-refractivity contribution in [3.8, 4) is 0 Å². The van der Waals surface area contributed by atoms with E-state index in [9.17, 15) is 4.79 Å². The predicted molar refractivity (Wildman–Crippen MR) is 66.0 cm³/mol. The lowest BCUT2D eigenvalue weighted by atomic mass is 10.2. The molecule has 1 amide bonds. The van der Waals surface area contributed by atoms with Gasteiger partial charge in [0.2, 0.25) is 0 Å². The summed E-state index contributed by atoms with van der Waals surface area (Å²) in [4.78, 5) is 13.8. The SMILES string of the molecule is Nc1cc(C(=O)N2CCCC2)cc(Cl)c1Cl. The fraction of sp³-hybridized carbons (Fsp3) is 0.364. The number of amides is 1. The first-order valence-electron chi connectivity index (χ1n) is 5.13. The van der Waals surface area contributed by atoms with Gasteiger partial charge in [-0.2, -0.15) is 0 Å². The number of nitrogen functional groups attached to an aromatic ring is 1. The molecule has 1 heterocycles. The highest BCUT2D eigenvalue weighted by Gasteiger charge is 2.20. The maximum Gasteiger partial charge on any atom is 0.253 e. The molecule has 0 radical (unpaired) electrons. The second-order valence-electron chi connectivity index (χ2n) is 3.86. The molecule has 0 saturated carbocycles. The summed E-state index contributed by atoms with van der Waals surface area (Å²) in [5.41, 5.74) is 6.52. The molecular formula is C11H12Cl2N2O. The Bertz CT molecular complexity index is 405. The number of benzene rings is 1. The van der Waals surface area contributed by atoms with E-state index >= 15 is 0 Å². The van der Waals surface area contributed by atoms with Crippen molar-refractivity contribution in [2.45, 2.75) is 12.8 Å². The van der Waals surface area contributed by atoms with Crippen molar-refractivity contribution < 1.29 is 4.79 Å². The van der Waals surface area contributed by atoms with Crippen molar-refractivity contribution in [3.05, 3.63) is 27.7 Å². The molecule has 0 atom stereocenters. The summed E-state index contributed by atoms with van der Waals surface area (Å²) < 4.78 is 0. The first-order valence-corrected chi connectivity index (χ1v) is 5.89. The van der Waals surface area contributed by atoms with Gasteiger partial charge in [-0.3, -0.25) is 4.79 Å². The number of nitrogens with two attached hydrogens (primary N) is 1. The number of hydrogen-bond acceptors (Lipinski definition) is 2. The minimum Gasteiger partial charge on any atom is -0.397 e. The number of carbonyl (C=O) groups is 1. The van der Waals surface area contributed by atoms with Crippen molar-refractivity contribution in [1.82, 2.24) is 4.90 Å². The fourth-order valence-corrected chi connectivity index (χ4v) is 2.17. The van der Waals surface area contributed by atoms with Crippen LogP contribution in [0.3, 0.4) is 0 Å². The molecule has 1 saturated heterocycles. The maximum atomic E-state index is 12.0. The van der Waals surface area contributed by atoms with Gasteiger partial charge in [0.1, 0.15) is 0 Å². The normalized spacial score (nSPS) is 15.5. The second-order valence-corrected chi connectivity index (χ2v) is 4.65. The molecule has 2 N–H and O–H groups in total. The van der Waals surface area contributed by atoms with Crippen LogP contribution in [0.25, 0.3) is 0 Å². The van der Waals surface area contributed by atoms with E-state index in [4.69, 9.17) is 28.9 Å². The van der Waals surface area contributed by atoms with E-state index in [1.165, 1.54) is 0 Å². The van der Waals surface area contributed by atoms with Gasteiger partial charge in [-0.1, -0.05) is 23.2 Å². The Kier molecular flexibility index (Phi) is 3.26. The zero-order chi connectivity index (χ0) is 11.7. The molecule has 0 aromatic heterocycles. The van der Waals surface area contributed by atoms with Gasteiger partial charge in [-0.05, 0) is 25.0 Å². The quantitative estimate of drug-likeness (QED) is 0.788. The van der Waals surface area contributed by atoms with E-state index in [1.807, 2.05) is 0 Å². The molecule has 5 heteroatoms. The first kappa shape index (κ1) is 11.6. The Labute approximate surface area is 104 Å². The van der Waals surface area contributed by atoms with E-state index in [0.717, 1.165) is 25.9 Å². The van der Waals surface area contributed by atoms with Crippen molar-refractivity contribution in [3.63, 3.8) is 0 Å². The average Bonchev–Trinajstić information content (AvgIpc) is 2.77. The molecule has 0 aliphatic carbocycles. The molecule has 86 valence electrons. The lowest BCUT2D eigenvalue weighted by Gasteiger charge is -2.16. The van der Waals surface area contributed by atoms with Gasteiger partial charge in [0.15, 0.2) is 0 Å². The highest BCUT2D eigenvalue weighted by atomic mass is 35.5. The third kappa shape index (κ3) is 2.11. The third-order valence-electron chi connectivity index (χ3n) is 2.70. The van der Waals surface area contributed by atoms with Crippen molar-refractivity contribution in [1.29, 1.82) is 0 Å². The summed E-state index contributed by atoms with van der Waals surface area (Å²) >= 11 is 11.7. The number of likely N-dealkylation sites (tertiary alicyclic amines) is 1. The summed E-state index contributed by atoms with van der Waals surface area (Å²) in [5.74, 6) is -0.0252. The highest BCUT2D eigenvalue weighted by Crippen LogP contribution is 2.30. The summed E-state index contributed by atoms with van der Waals surface area (Å²) in [6.45, 7) is 1.61. The Morgan fingerprint density at radius 3 is 2.44 bits per heavy atom. The molecule has 1 aliphatic heterocycles. The van der Waals surface area contributed by atoms with E-state index in [0.29, 0.717) is 21.3 Å². The smallest absolute Gasteiger partial charge is 0.253 e. The van der Waals surface area contributed by atoms with Gasteiger partial charge < -0.3 is 10.6 Å². The molecule has 1 fully saturated rings. The number of anilines is 1. The zero-order valence-corrected chi connectivity index (χ0v) is 10.2. The van der Waals surface area contributed by atoms with Crippen LogP contribution in [0.1, 0.15) is 23.2 Å². The second kappa shape index (κ2) is 4.52. The highest BCUT2D eigenvalue weighted by molar-refractivity contribution is 6.43. The van der Waals surface area contributed by atoms with Gasteiger partial charge in [0, 0.05) is 18.7 Å². The van der Waals surface area contributed by atoms with Crippen LogP contribution < -0.4 is 5.73 Å². The van der Waals surface area contributed by atoms with Crippen LogP contribution >= 0.6 is 23.2 Å². The van der Waals surface area contributed by atoms with E-state index in [1.54, 1.807) is 17.0 Å². The van der Waals surface area contributed by atoms with Crippen LogP contribution in [0, 0.1) is 0 Å². The molecule has 0 unspecified atom stereocenters. The van der Waals surface area contributed by atoms with Gasteiger partial charge in [-0.15, -0.1) is 0 Å². The minimum atomic E-state index is -0.0252. The fourth-order valence-electron chi connectivity index (χ4n) is 1.84. The molecule has 0 spiro atoms. The van der Waals surface area contributed by atoms with E-state index in [2.05, 4.69) is 0 Å². The number of carbonyl (C=O) groups excluding carboxylic acids is 1. The van der Waals surface area contributed by atoms with Gasteiger partial charge in [0.05, 0.1) is 15.7 Å². The molecular weight excluding hydrogens is 247 g/mol. The monoisotopic (exact) mass is 258 g/mol. The van der Waals surface area contributed by atoms with Crippen LogP contribution in [0.2, 0.25) is 10.0 Å². The standard InChI is InChI=1S/C11H12Cl2N2O/c12-8-5-7(6-9(14)10(8)13)11(16)15-3-1-2-4-15/h5-6H,1-4,14H2. The molecule has 1 aromatic rings. The van der Waals surface area contributed by atoms with Crippen LogP contribution in [-0.4, -0.2) is 23.9 Å². The zero-order valence-electron chi connectivity index (χ0n) is 8.67. The summed E-state index contributed by atoms with van der Waals surface area (Å²) in [7, 11) is 0. The lowest BCUT2D eigenvalue weighted by molar-refractivity contribution is 0.0793. The van der Waals surface area contributed by atoms with Gasteiger partial charge in [-0.25, -0.2) is 0 Å². The summed E-state index contributed by atoms with van der Waals surface area (Å²) in [5, 5.41) is 0.629. The van der Waals surface area contributed by atoms with Gasteiger partial charge in [0.25, 0.3) is 5.91 Å². The molecule has 2 rings (SSSR count). The van der Waals surface area contributed by atoms with Crippen molar-refractivity contribution >= 4 is 34.8 Å². The van der Waals surface area contributed by atoms with Crippen LogP contribution in [0.15, 0.2) is 12.1 Å². The van der Waals surface area contributed by atoms with Crippen LogP contribution in [0.4, 0.5) is 5.69 Å². The largest absolute Gasteiger partial charge is 0.397 e. The van der Waals surface area contributed by atoms with Crippen molar-refractivity contribution in [2.75, 3.05) is 18.8 Å². The number of rotatable bonds is 1.